The molecule has 1 rings (SSSR count). The van der Waals surface area contributed by atoms with Crippen LogP contribution >= 0.6 is 0 Å². The van der Waals surface area contributed by atoms with Gasteiger partial charge in [0.2, 0.25) is 0 Å². The Labute approximate surface area is 70.5 Å². The predicted octanol–water partition coefficient (Wildman–Crippen LogP) is -1.80. The molecule has 1 aliphatic rings. The molecule has 1 fully saturated rings. The van der Waals surface area contributed by atoms with Gasteiger partial charge in [0.25, 0.3) is 0 Å². The van der Waals surface area contributed by atoms with Crippen LogP contribution in [0.5, 0.6) is 0 Å². The zero-order valence-electron chi connectivity index (χ0n) is 6.77. The van der Waals surface area contributed by atoms with E-state index in [9.17, 15) is 4.79 Å². The number of rotatable bonds is 3. The van der Waals surface area contributed by atoms with E-state index >= 15 is 0 Å². The molecule has 1 heterocycles. The van der Waals surface area contributed by atoms with E-state index < -0.39 is 0 Å². The fourth-order valence-electron chi connectivity index (χ4n) is 1.17. The molecule has 0 saturated carbocycles. The molecule has 0 aliphatic carbocycles. The standard InChI is InChI=1S/C7H13NO4/c9-4-6(5-10)8-1-2-12-7(11)3-8/h6,9-10H,1-5H2. The average Bonchev–Trinajstić information content (AvgIpc) is 2.07. The Kier molecular flexibility index (Phi) is 3.46. The first-order chi connectivity index (χ1) is 5.77. The van der Waals surface area contributed by atoms with Crippen LogP contribution in [0.4, 0.5) is 0 Å². The molecule has 70 valence electrons. The number of carbonyl (C=O) groups is 1. The first-order valence-corrected chi connectivity index (χ1v) is 3.89. The number of aliphatic hydroxyl groups is 2. The van der Waals surface area contributed by atoms with Gasteiger partial charge in [-0.2, -0.15) is 0 Å². The first kappa shape index (κ1) is 9.44. The Bertz CT molecular complexity index is 157. The highest BCUT2D eigenvalue weighted by molar-refractivity contribution is 5.72. The number of nitrogens with zero attached hydrogens (tertiary/aromatic N) is 1. The predicted molar refractivity (Wildman–Crippen MR) is 40.5 cm³/mol. The van der Waals surface area contributed by atoms with Crippen molar-refractivity contribution in [3.8, 4) is 0 Å². The van der Waals surface area contributed by atoms with Gasteiger partial charge in [-0.1, -0.05) is 0 Å². The lowest BCUT2D eigenvalue weighted by atomic mass is 10.2. The van der Waals surface area contributed by atoms with Gasteiger partial charge in [-0.05, 0) is 0 Å². The van der Waals surface area contributed by atoms with Crippen LogP contribution in [0.1, 0.15) is 0 Å². The van der Waals surface area contributed by atoms with Crippen molar-refractivity contribution in [1.29, 1.82) is 0 Å². The van der Waals surface area contributed by atoms with E-state index in [1.807, 2.05) is 0 Å². The second kappa shape index (κ2) is 4.39. The number of cyclic esters (lactones) is 1. The lowest BCUT2D eigenvalue weighted by Crippen LogP contribution is -2.48. The molecule has 5 heteroatoms. The molecule has 0 unspecified atom stereocenters. The van der Waals surface area contributed by atoms with Gasteiger partial charge in [0.05, 0.1) is 25.8 Å². The van der Waals surface area contributed by atoms with Gasteiger partial charge in [-0.25, -0.2) is 0 Å². The van der Waals surface area contributed by atoms with E-state index in [0.29, 0.717) is 13.2 Å². The van der Waals surface area contributed by atoms with E-state index in [4.69, 9.17) is 14.9 Å². The summed E-state index contributed by atoms with van der Waals surface area (Å²) in [5, 5.41) is 17.6. The highest BCUT2D eigenvalue weighted by Crippen LogP contribution is 2.03. The maximum atomic E-state index is 10.8. The molecule has 2 N–H and O–H groups in total. The summed E-state index contributed by atoms with van der Waals surface area (Å²) in [5.74, 6) is -0.298. The average molecular weight is 175 g/mol. The largest absolute Gasteiger partial charge is 0.463 e. The minimum atomic E-state index is -0.335. The van der Waals surface area contributed by atoms with Crippen molar-refractivity contribution in [3.05, 3.63) is 0 Å². The summed E-state index contributed by atoms with van der Waals surface area (Å²) in [5.41, 5.74) is 0. The molecule has 0 bridgehead atoms. The summed E-state index contributed by atoms with van der Waals surface area (Å²) in [4.78, 5) is 12.5. The number of morpholine rings is 1. The molecule has 0 radical (unpaired) electrons. The van der Waals surface area contributed by atoms with Gasteiger partial charge in [0, 0.05) is 6.54 Å². The zero-order valence-corrected chi connectivity index (χ0v) is 6.77. The second-order valence-corrected chi connectivity index (χ2v) is 2.71. The summed E-state index contributed by atoms with van der Waals surface area (Å²) in [6, 6.07) is -0.335. The first-order valence-electron chi connectivity index (χ1n) is 3.89. The van der Waals surface area contributed by atoms with Gasteiger partial charge < -0.3 is 14.9 Å². The molecule has 0 aromatic heterocycles. The molecule has 1 saturated heterocycles. The number of carbonyl (C=O) groups excluding carboxylic acids is 1. The monoisotopic (exact) mass is 175 g/mol. The van der Waals surface area contributed by atoms with Crippen LogP contribution in [-0.4, -0.2) is 60.0 Å². The number of aliphatic hydroxyl groups excluding tert-OH is 2. The Hall–Kier alpha value is -0.650. The highest BCUT2D eigenvalue weighted by atomic mass is 16.5. The molecule has 12 heavy (non-hydrogen) atoms. The Morgan fingerprint density at radius 2 is 2.17 bits per heavy atom. The van der Waals surface area contributed by atoms with Crippen LogP contribution in [0.3, 0.4) is 0 Å². The van der Waals surface area contributed by atoms with Crippen LogP contribution < -0.4 is 0 Å². The third-order valence-corrected chi connectivity index (χ3v) is 1.91. The minimum absolute atomic E-state index is 0.135. The SMILES string of the molecule is O=C1CN(C(CO)CO)CCO1. The summed E-state index contributed by atoms with van der Waals surface area (Å²) >= 11 is 0. The quantitative estimate of drug-likeness (QED) is 0.495. The fourth-order valence-corrected chi connectivity index (χ4v) is 1.17. The normalized spacial score (nSPS) is 19.8. The molecule has 0 atom stereocenters. The smallest absolute Gasteiger partial charge is 0.320 e. The van der Waals surface area contributed by atoms with E-state index in [1.165, 1.54) is 0 Å². The van der Waals surface area contributed by atoms with Crippen molar-refractivity contribution in [1.82, 2.24) is 4.90 Å². The van der Waals surface area contributed by atoms with Crippen molar-refractivity contribution in [2.75, 3.05) is 32.9 Å². The summed E-state index contributed by atoms with van der Waals surface area (Å²) < 4.78 is 4.70. The van der Waals surface area contributed by atoms with Crippen molar-refractivity contribution in [2.24, 2.45) is 0 Å². The maximum Gasteiger partial charge on any atom is 0.320 e. The molecular weight excluding hydrogens is 162 g/mol. The van der Waals surface area contributed by atoms with Crippen molar-refractivity contribution in [2.45, 2.75) is 6.04 Å². The topological polar surface area (TPSA) is 70.0 Å². The fraction of sp³-hybridized carbons (Fsp3) is 0.857. The summed E-state index contributed by atoms with van der Waals surface area (Å²) in [6.45, 7) is 0.812. The van der Waals surface area contributed by atoms with E-state index in [2.05, 4.69) is 0 Å². The van der Waals surface area contributed by atoms with Crippen LogP contribution in [0.15, 0.2) is 0 Å². The van der Waals surface area contributed by atoms with E-state index in [1.54, 1.807) is 4.90 Å². The number of hydrogen-bond donors (Lipinski definition) is 2. The third kappa shape index (κ3) is 2.17. The Morgan fingerprint density at radius 1 is 1.50 bits per heavy atom. The van der Waals surface area contributed by atoms with Crippen molar-refractivity contribution < 1.29 is 19.7 Å². The molecule has 0 amide bonds. The summed E-state index contributed by atoms with van der Waals surface area (Å²) in [7, 11) is 0. The summed E-state index contributed by atoms with van der Waals surface area (Å²) in [6.07, 6.45) is 0. The van der Waals surface area contributed by atoms with Gasteiger partial charge in [-0.15, -0.1) is 0 Å². The lowest BCUT2D eigenvalue weighted by molar-refractivity contribution is -0.152. The number of ether oxygens (including phenoxy) is 1. The van der Waals surface area contributed by atoms with Gasteiger partial charge in [-0.3, -0.25) is 9.69 Å². The number of esters is 1. The molecular formula is C7H13NO4. The van der Waals surface area contributed by atoms with Gasteiger partial charge in [0.15, 0.2) is 0 Å². The molecule has 1 aliphatic heterocycles. The van der Waals surface area contributed by atoms with E-state index in [-0.39, 0.29) is 31.8 Å². The Morgan fingerprint density at radius 3 is 2.67 bits per heavy atom. The second-order valence-electron chi connectivity index (χ2n) is 2.71. The molecule has 0 aromatic rings. The lowest BCUT2D eigenvalue weighted by Gasteiger charge is -2.31. The van der Waals surface area contributed by atoms with Gasteiger partial charge >= 0.3 is 5.97 Å². The van der Waals surface area contributed by atoms with E-state index in [0.717, 1.165) is 0 Å². The van der Waals surface area contributed by atoms with Crippen molar-refractivity contribution >= 4 is 5.97 Å². The maximum absolute atomic E-state index is 10.8. The molecule has 5 nitrogen and oxygen atoms in total. The van der Waals surface area contributed by atoms with Crippen LogP contribution in [0.25, 0.3) is 0 Å². The third-order valence-electron chi connectivity index (χ3n) is 1.91. The van der Waals surface area contributed by atoms with Gasteiger partial charge in [0.1, 0.15) is 6.61 Å². The van der Waals surface area contributed by atoms with Crippen LogP contribution in [-0.2, 0) is 9.53 Å². The molecule has 0 spiro atoms. The van der Waals surface area contributed by atoms with Crippen molar-refractivity contribution in [3.63, 3.8) is 0 Å². The van der Waals surface area contributed by atoms with Crippen LogP contribution in [0, 0.1) is 0 Å². The highest BCUT2D eigenvalue weighted by Gasteiger charge is 2.23. The van der Waals surface area contributed by atoms with Crippen LogP contribution in [0.2, 0.25) is 0 Å². The zero-order chi connectivity index (χ0) is 8.97. The Balaban J connectivity index is 2.43. The number of hydrogen-bond acceptors (Lipinski definition) is 5. The minimum Gasteiger partial charge on any atom is -0.463 e. The molecule has 0 aromatic carbocycles.